The van der Waals surface area contributed by atoms with Crippen LogP contribution in [-0.2, 0) is 4.79 Å². The van der Waals surface area contributed by atoms with E-state index >= 15 is 0 Å². The van der Waals surface area contributed by atoms with Gasteiger partial charge in [0.05, 0.1) is 0 Å². The number of amides is 2. The van der Waals surface area contributed by atoms with E-state index in [0.29, 0.717) is 24.3 Å². The van der Waals surface area contributed by atoms with E-state index in [4.69, 9.17) is 0 Å². The molecule has 3 rings (SSSR count). The number of aromatic nitrogens is 1. The fourth-order valence-electron chi connectivity index (χ4n) is 2.37. The van der Waals surface area contributed by atoms with E-state index in [0.717, 1.165) is 16.6 Å². The minimum Gasteiger partial charge on any atom is -0.312 e. The van der Waals surface area contributed by atoms with Gasteiger partial charge in [0, 0.05) is 34.9 Å². The molecule has 2 amide bonds. The van der Waals surface area contributed by atoms with Gasteiger partial charge in [0.2, 0.25) is 5.91 Å². The number of carbonyl (C=O) groups is 2. The lowest BCUT2D eigenvalue weighted by Crippen LogP contribution is -2.24. The molecule has 1 fully saturated rings. The molecule has 0 unspecified atom stereocenters. The minimum atomic E-state index is -0.247. The maximum atomic E-state index is 12.3. The van der Waals surface area contributed by atoms with Gasteiger partial charge < -0.3 is 10.2 Å². The highest BCUT2D eigenvalue weighted by molar-refractivity contribution is 9.10. The van der Waals surface area contributed by atoms with Gasteiger partial charge in [-0.25, -0.2) is 4.98 Å². The molecule has 0 atom stereocenters. The molecule has 0 bridgehead atoms. The van der Waals surface area contributed by atoms with Crippen LogP contribution in [0.4, 0.5) is 11.5 Å². The van der Waals surface area contributed by atoms with E-state index in [1.165, 1.54) is 0 Å². The molecular formula is C16H14BrN3O2. The molecule has 6 heteroatoms. The SMILES string of the molecule is O=C(Nc1ccc(Br)cn1)c1cccc(N2CCCC2=O)c1. The summed E-state index contributed by atoms with van der Waals surface area (Å²) < 4.78 is 0.847. The summed E-state index contributed by atoms with van der Waals surface area (Å²) in [6, 6.07) is 10.6. The summed E-state index contributed by atoms with van der Waals surface area (Å²) in [4.78, 5) is 29.9. The van der Waals surface area contributed by atoms with Crippen molar-refractivity contribution in [1.82, 2.24) is 4.98 Å². The Balaban J connectivity index is 1.78. The lowest BCUT2D eigenvalue weighted by Gasteiger charge is -2.16. The summed E-state index contributed by atoms with van der Waals surface area (Å²) in [5.41, 5.74) is 1.26. The molecule has 1 aromatic carbocycles. The standard InChI is InChI=1S/C16H14BrN3O2/c17-12-6-7-14(18-10-12)19-16(22)11-3-1-4-13(9-11)20-8-2-5-15(20)21/h1,3-4,6-7,9-10H,2,5,8H2,(H,18,19,22). The molecule has 1 aliphatic rings. The number of anilines is 2. The van der Waals surface area contributed by atoms with Crippen LogP contribution in [0.5, 0.6) is 0 Å². The van der Waals surface area contributed by atoms with Gasteiger partial charge >= 0.3 is 0 Å². The molecule has 0 radical (unpaired) electrons. The number of nitrogens with zero attached hydrogens (tertiary/aromatic N) is 2. The first-order valence-electron chi connectivity index (χ1n) is 6.97. The molecule has 2 aromatic rings. The van der Waals surface area contributed by atoms with E-state index < -0.39 is 0 Å². The number of benzene rings is 1. The van der Waals surface area contributed by atoms with Crippen molar-refractivity contribution in [2.24, 2.45) is 0 Å². The Morgan fingerprint density at radius 2 is 2.14 bits per heavy atom. The van der Waals surface area contributed by atoms with Gasteiger partial charge in [-0.1, -0.05) is 6.07 Å². The Labute approximate surface area is 136 Å². The summed E-state index contributed by atoms with van der Waals surface area (Å²) in [7, 11) is 0. The van der Waals surface area contributed by atoms with Crippen molar-refractivity contribution in [3.8, 4) is 0 Å². The third-order valence-corrected chi connectivity index (χ3v) is 3.93. The van der Waals surface area contributed by atoms with Gasteiger partial charge in [0.1, 0.15) is 5.82 Å². The van der Waals surface area contributed by atoms with E-state index in [1.54, 1.807) is 35.4 Å². The van der Waals surface area contributed by atoms with Gasteiger partial charge in [-0.3, -0.25) is 9.59 Å². The summed E-state index contributed by atoms with van der Waals surface area (Å²) in [6.07, 6.45) is 3.05. The van der Waals surface area contributed by atoms with E-state index in [2.05, 4.69) is 26.2 Å². The smallest absolute Gasteiger partial charge is 0.256 e. The van der Waals surface area contributed by atoms with Crippen molar-refractivity contribution in [1.29, 1.82) is 0 Å². The predicted octanol–water partition coefficient (Wildman–Crippen LogP) is 3.22. The number of carbonyl (C=O) groups excluding carboxylic acids is 2. The first-order chi connectivity index (χ1) is 10.6. The molecule has 1 saturated heterocycles. The fourth-order valence-corrected chi connectivity index (χ4v) is 2.61. The average Bonchev–Trinajstić information content (AvgIpc) is 2.96. The highest BCUT2D eigenvalue weighted by Crippen LogP contribution is 2.22. The molecule has 0 saturated carbocycles. The largest absolute Gasteiger partial charge is 0.312 e. The molecule has 2 heterocycles. The Kier molecular flexibility index (Phi) is 4.20. The zero-order valence-corrected chi connectivity index (χ0v) is 13.3. The molecular weight excluding hydrogens is 346 g/mol. The van der Waals surface area contributed by atoms with Crippen LogP contribution in [0.15, 0.2) is 47.1 Å². The zero-order chi connectivity index (χ0) is 15.5. The van der Waals surface area contributed by atoms with Crippen LogP contribution < -0.4 is 10.2 Å². The van der Waals surface area contributed by atoms with Crippen LogP contribution in [0.2, 0.25) is 0 Å². The number of hydrogen-bond donors (Lipinski definition) is 1. The van der Waals surface area contributed by atoms with Gasteiger partial charge in [0.25, 0.3) is 5.91 Å². The van der Waals surface area contributed by atoms with Crippen molar-refractivity contribution in [2.75, 3.05) is 16.8 Å². The second kappa shape index (κ2) is 6.27. The second-order valence-electron chi connectivity index (χ2n) is 5.02. The lowest BCUT2D eigenvalue weighted by molar-refractivity contribution is -0.117. The molecule has 1 aromatic heterocycles. The van der Waals surface area contributed by atoms with Crippen LogP contribution in [0, 0.1) is 0 Å². The zero-order valence-electron chi connectivity index (χ0n) is 11.8. The summed E-state index contributed by atoms with van der Waals surface area (Å²) in [6.45, 7) is 0.707. The van der Waals surface area contributed by atoms with Gasteiger partial charge in [-0.05, 0) is 52.7 Å². The van der Waals surface area contributed by atoms with Crippen molar-refractivity contribution in [2.45, 2.75) is 12.8 Å². The molecule has 1 N–H and O–H groups in total. The highest BCUT2D eigenvalue weighted by Gasteiger charge is 2.22. The number of nitrogens with one attached hydrogen (secondary N) is 1. The number of hydrogen-bond acceptors (Lipinski definition) is 3. The van der Waals surface area contributed by atoms with E-state index in [-0.39, 0.29) is 11.8 Å². The van der Waals surface area contributed by atoms with Crippen LogP contribution in [-0.4, -0.2) is 23.3 Å². The molecule has 0 spiro atoms. The van der Waals surface area contributed by atoms with Crippen LogP contribution in [0.3, 0.4) is 0 Å². The summed E-state index contributed by atoms with van der Waals surface area (Å²) in [5, 5.41) is 2.74. The highest BCUT2D eigenvalue weighted by atomic mass is 79.9. The van der Waals surface area contributed by atoms with Gasteiger partial charge in [-0.2, -0.15) is 0 Å². The van der Waals surface area contributed by atoms with Crippen LogP contribution in [0.25, 0.3) is 0 Å². The van der Waals surface area contributed by atoms with E-state index in [9.17, 15) is 9.59 Å². The summed E-state index contributed by atoms with van der Waals surface area (Å²) in [5.74, 6) is 0.339. The predicted molar refractivity (Wildman–Crippen MR) is 87.9 cm³/mol. The van der Waals surface area contributed by atoms with Crippen LogP contribution >= 0.6 is 15.9 Å². The van der Waals surface area contributed by atoms with Gasteiger partial charge in [0.15, 0.2) is 0 Å². The molecule has 5 nitrogen and oxygen atoms in total. The van der Waals surface area contributed by atoms with E-state index in [1.807, 2.05) is 12.1 Å². The Morgan fingerprint density at radius 1 is 1.27 bits per heavy atom. The first kappa shape index (κ1) is 14.7. The maximum absolute atomic E-state index is 12.3. The summed E-state index contributed by atoms with van der Waals surface area (Å²) >= 11 is 3.30. The average molecular weight is 360 g/mol. The Morgan fingerprint density at radius 3 is 2.82 bits per heavy atom. The molecule has 112 valence electrons. The Hall–Kier alpha value is -2.21. The lowest BCUT2D eigenvalue weighted by atomic mass is 10.1. The first-order valence-corrected chi connectivity index (χ1v) is 7.76. The van der Waals surface area contributed by atoms with Crippen molar-refractivity contribution in [3.63, 3.8) is 0 Å². The fraction of sp³-hybridized carbons (Fsp3) is 0.188. The van der Waals surface area contributed by atoms with Crippen molar-refractivity contribution in [3.05, 3.63) is 52.6 Å². The quantitative estimate of drug-likeness (QED) is 0.914. The molecule has 0 aliphatic carbocycles. The maximum Gasteiger partial charge on any atom is 0.256 e. The minimum absolute atomic E-state index is 0.104. The Bertz CT molecular complexity index is 716. The monoisotopic (exact) mass is 359 g/mol. The number of pyridine rings is 1. The third kappa shape index (κ3) is 3.17. The van der Waals surface area contributed by atoms with Gasteiger partial charge in [-0.15, -0.1) is 0 Å². The topological polar surface area (TPSA) is 62.3 Å². The second-order valence-corrected chi connectivity index (χ2v) is 5.93. The third-order valence-electron chi connectivity index (χ3n) is 3.46. The number of halogens is 1. The molecule has 1 aliphatic heterocycles. The molecule has 22 heavy (non-hydrogen) atoms. The van der Waals surface area contributed by atoms with Crippen LogP contribution in [0.1, 0.15) is 23.2 Å². The van der Waals surface area contributed by atoms with Crippen molar-refractivity contribution < 1.29 is 9.59 Å². The number of rotatable bonds is 3. The normalized spacial score (nSPS) is 14.2. The van der Waals surface area contributed by atoms with Crippen molar-refractivity contribution >= 4 is 39.2 Å².